The van der Waals surface area contributed by atoms with Gasteiger partial charge < -0.3 is 5.32 Å². The molecule has 1 atom stereocenters. The van der Waals surface area contributed by atoms with Gasteiger partial charge in [0.1, 0.15) is 0 Å². The van der Waals surface area contributed by atoms with E-state index in [-0.39, 0.29) is 0 Å². The van der Waals surface area contributed by atoms with Gasteiger partial charge in [0.2, 0.25) is 0 Å². The fraction of sp³-hybridized carbons (Fsp3) is 0.600. The summed E-state index contributed by atoms with van der Waals surface area (Å²) >= 11 is 12.4. The minimum atomic E-state index is 0.423. The van der Waals surface area contributed by atoms with Gasteiger partial charge in [-0.25, -0.2) is 0 Å². The Bertz CT molecular complexity index is 403. The predicted molar refractivity (Wildman–Crippen MR) is 83.2 cm³/mol. The second kappa shape index (κ2) is 7.49. The van der Waals surface area contributed by atoms with Crippen LogP contribution in [0.25, 0.3) is 0 Å². The summed E-state index contributed by atoms with van der Waals surface area (Å²) in [6.45, 7) is 6.54. The Balaban J connectivity index is 2.19. The van der Waals surface area contributed by atoms with Crippen LogP contribution >= 0.6 is 23.2 Å². The highest BCUT2D eigenvalue weighted by molar-refractivity contribution is 6.35. The lowest BCUT2D eigenvalue weighted by Crippen LogP contribution is -2.45. The number of nitrogens with zero attached hydrogens (tertiary/aromatic N) is 1. The molecule has 106 valence electrons. The van der Waals surface area contributed by atoms with E-state index in [4.69, 9.17) is 23.2 Å². The Morgan fingerprint density at radius 1 is 1.26 bits per heavy atom. The summed E-state index contributed by atoms with van der Waals surface area (Å²) in [5.74, 6) is 0. The minimum absolute atomic E-state index is 0.423. The molecule has 0 amide bonds. The van der Waals surface area contributed by atoms with Gasteiger partial charge in [-0.15, -0.1) is 0 Å². The van der Waals surface area contributed by atoms with Gasteiger partial charge in [0.05, 0.1) is 0 Å². The standard InChI is InChI=1S/C15H22Cl2N2/c1-2-3-4-15(19-9-7-18-8-10-19)13-6-5-12(16)11-14(13)17/h5-6,11,15,18H,2-4,7-10H2,1H3/t15-/m1/s1. The summed E-state index contributed by atoms with van der Waals surface area (Å²) in [4.78, 5) is 2.54. The maximum absolute atomic E-state index is 6.40. The van der Waals surface area contributed by atoms with Gasteiger partial charge in [-0.2, -0.15) is 0 Å². The van der Waals surface area contributed by atoms with Crippen molar-refractivity contribution >= 4 is 23.2 Å². The first-order valence-electron chi connectivity index (χ1n) is 7.12. The van der Waals surface area contributed by atoms with Crippen LogP contribution in [-0.4, -0.2) is 31.1 Å². The third-order valence-corrected chi connectivity index (χ3v) is 4.31. The summed E-state index contributed by atoms with van der Waals surface area (Å²) < 4.78 is 0. The van der Waals surface area contributed by atoms with Crippen molar-refractivity contribution in [3.63, 3.8) is 0 Å². The third-order valence-electron chi connectivity index (χ3n) is 3.74. The summed E-state index contributed by atoms with van der Waals surface area (Å²) in [6.07, 6.45) is 3.61. The van der Waals surface area contributed by atoms with Crippen molar-refractivity contribution in [1.29, 1.82) is 0 Å². The Kier molecular flexibility index (Phi) is 5.96. The van der Waals surface area contributed by atoms with E-state index in [2.05, 4.69) is 23.2 Å². The van der Waals surface area contributed by atoms with E-state index in [1.807, 2.05) is 12.1 Å². The fourth-order valence-electron chi connectivity index (χ4n) is 2.70. The smallest absolute Gasteiger partial charge is 0.0468 e. The fourth-order valence-corrected chi connectivity index (χ4v) is 3.23. The van der Waals surface area contributed by atoms with E-state index in [0.717, 1.165) is 37.6 Å². The van der Waals surface area contributed by atoms with Crippen molar-refractivity contribution in [3.05, 3.63) is 33.8 Å². The number of nitrogens with one attached hydrogen (secondary N) is 1. The predicted octanol–water partition coefficient (Wildman–Crippen LogP) is 4.13. The Labute approximate surface area is 126 Å². The Hall–Kier alpha value is -0.280. The number of hydrogen-bond donors (Lipinski definition) is 1. The van der Waals surface area contributed by atoms with Crippen LogP contribution in [0.3, 0.4) is 0 Å². The monoisotopic (exact) mass is 300 g/mol. The molecule has 1 aromatic rings. The first kappa shape index (κ1) is 15.1. The lowest BCUT2D eigenvalue weighted by Gasteiger charge is -2.35. The molecule has 0 spiro atoms. The molecule has 0 aliphatic carbocycles. The molecule has 1 saturated heterocycles. The van der Waals surface area contributed by atoms with Crippen LogP contribution in [-0.2, 0) is 0 Å². The number of rotatable bonds is 5. The Morgan fingerprint density at radius 2 is 2.00 bits per heavy atom. The molecule has 19 heavy (non-hydrogen) atoms. The normalized spacial score (nSPS) is 18.5. The molecule has 0 unspecified atom stereocenters. The number of piperazine rings is 1. The zero-order valence-electron chi connectivity index (χ0n) is 11.5. The topological polar surface area (TPSA) is 15.3 Å². The van der Waals surface area contributed by atoms with Crippen LogP contribution in [0.15, 0.2) is 18.2 Å². The third kappa shape index (κ3) is 4.09. The van der Waals surface area contributed by atoms with E-state index >= 15 is 0 Å². The quantitative estimate of drug-likeness (QED) is 0.879. The highest BCUT2D eigenvalue weighted by atomic mass is 35.5. The number of halogens is 2. The van der Waals surface area contributed by atoms with Gasteiger partial charge in [-0.1, -0.05) is 49.0 Å². The summed E-state index contributed by atoms with van der Waals surface area (Å²) in [7, 11) is 0. The zero-order valence-corrected chi connectivity index (χ0v) is 13.0. The van der Waals surface area contributed by atoms with Gasteiger partial charge in [-0.3, -0.25) is 4.90 Å². The second-order valence-corrected chi connectivity index (χ2v) is 5.95. The summed E-state index contributed by atoms with van der Waals surface area (Å²) in [6, 6.07) is 6.32. The van der Waals surface area contributed by atoms with E-state index in [0.29, 0.717) is 11.1 Å². The molecular weight excluding hydrogens is 279 g/mol. The molecule has 1 aliphatic heterocycles. The molecule has 2 rings (SSSR count). The molecule has 1 heterocycles. The molecule has 0 radical (unpaired) electrons. The van der Waals surface area contributed by atoms with Crippen LogP contribution in [0.2, 0.25) is 10.0 Å². The van der Waals surface area contributed by atoms with Crippen molar-refractivity contribution in [2.24, 2.45) is 0 Å². The van der Waals surface area contributed by atoms with Crippen LogP contribution in [0.4, 0.5) is 0 Å². The minimum Gasteiger partial charge on any atom is -0.314 e. The van der Waals surface area contributed by atoms with Crippen LogP contribution in [0, 0.1) is 0 Å². The highest BCUT2D eigenvalue weighted by Crippen LogP contribution is 2.33. The molecule has 1 N–H and O–H groups in total. The maximum atomic E-state index is 6.40. The number of hydrogen-bond acceptors (Lipinski definition) is 2. The number of unbranched alkanes of at least 4 members (excludes halogenated alkanes) is 1. The van der Waals surface area contributed by atoms with E-state index in [1.54, 1.807) is 0 Å². The van der Waals surface area contributed by atoms with E-state index in [1.165, 1.54) is 18.4 Å². The lowest BCUT2D eigenvalue weighted by atomic mass is 9.98. The molecule has 0 saturated carbocycles. The van der Waals surface area contributed by atoms with Crippen LogP contribution in [0.1, 0.15) is 37.8 Å². The van der Waals surface area contributed by atoms with Gasteiger partial charge in [0.25, 0.3) is 0 Å². The SMILES string of the molecule is CCCC[C@H](c1ccc(Cl)cc1Cl)N1CCNCC1. The summed E-state index contributed by atoms with van der Waals surface area (Å²) in [5, 5.41) is 4.91. The van der Waals surface area contributed by atoms with E-state index < -0.39 is 0 Å². The highest BCUT2D eigenvalue weighted by Gasteiger charge is 2.23. The Morgan fingerprint density at radius 3 is 2.63 bits per heavy atom. The van der Waals surface area contributed by atoms with Crippen LogP contribution in [0.5, 0.6) is 0 Å². The molecule has 1 aliphatic rings. The second-order valence-electron chi connectivity index (χ2n) is 5.11. The largest absolute Gasteiger partial charge is 0.314 e. The molecule has 0 bridgehead atoms. The van der Waals surface area contributed by atoms with Crippen molar-refractivity contribution in [3.8, 4) is 0 Å². The van der Waals surface area contributed by atoms with Gasteiger partial charge >= 0.3 is 0 Å². The molecule has 1 fully saturated rings. The van der Waals surface area contributed by atoms with Crippen molar-refractivity contribution < 1.29 is 0 Å². The van der Waals surface area contributed by atoms with Crippen molar-refractivity contribution in [2.75, 3.05) is 26.2 Å². The molecular formula is C15H22Cl2N2. The van der Waals surface area contributed by atoms with Gasteiger partial charge in [-0.05, 0) is 24.1 Å². The van der Waals surface area contributed by atoms with E-state index in [9.17, 15) is 0 Å². The average molecular weight is 301 g/mol. The van der Waals surface area contributed by atoms with Crippen molar-refractivity contribution in [2.45, 2.75) is 32.2 Å². The molecule has 2 nitrogen and oxygen atoms in total. The first-order valence-corrected chi connectivity index (χ1v) is 7.87. The average Bonchev–Trinajstić information content (AvgIpc) is 2.42. The first-order chi connectivity index (χ1) is 9.22. The molecule has 4 heteroatoms. The van der Waals surface area contributed by atoms with Gasteiger partial charge in [0, 0.05) is 42.3 Å². The molecule has 1 aromatic carbocycles. The zero-order chi connectivity index (χ0) is 13.7. The molecule has 0 aromatic heterocycles. The number of benzene rings is 1. The maximum Gasteiger partial charge on any atom is 0.0468 e. The lowest BCUT2D eigenvalue weighted by molar-refractivity contribution is 0.163. The summed E-state index contributed by atoms with van der Waals surface area (Å²) in [5.41, 5.74) is 1.22. The van der Waals surface area contributed by atoms with Crippen LogP contribution < -0.4 is 5.32 Å². The van der Waals surface area contributed by atoms with Gasteiger partial charge in [0.15, 0.2) is 0 Å². The van der Waals surface area contributed by atoms with Crippen molar-refractivity contribution in [1.82, 2.24) is 10.2 Å².